The molecule has 1 aromatic heterocycles. The number of halogens is 1. The molecule has 1 saturated carbocycles. The fourth-order valence-electron chi connectivity index (χ4n) is 4.03. The summed E-state index contributed by atoms with van der Waals surface area (Å²) in [5, 5.41) is 11.0. The molecule has 144 valence electrons. The van der Waals surface area contributed by atoms with Crippen molar-refractivity contribution in [3.05, 3.63) is 83.4 Å². The van der Waals surface area contributed by atoms with Crippen LogP contribution in [-0.4, -0.2) is 27.4 Å². The average Bonchev–Trinajstić information content (AvgIpc) is 3.39. The molecule has 5 nitrogen and oxygen atoms in total. The zero-order chi connectivity index (χ0) is 19.4. The molecular formula is C22H23FN4O. The number of hydrogen-bond acceptors (Lipinski definition) is 3. The van der Waals surface area contributed by atoms with E-state index in [-0.39, 0.29) is 29.4 Å². The van der Waals surface area contributed by atoms with Crippen molar-refractivity contribution < 1.29 is 9.18 Å². The lowest BCUT2D eigenvalue weighted by molar-refractivity contribution is 0.0938. The summed E-state index contributed by atoms with van der Waals surface area (Å²) in [5.74, 6) is -0.544. The number of aromatic nitrogens is 3. The molecule has 0 aliphatic heterocycles. The minimum absolute atomic E-state index is 0.0138. The summed E-state index contributed by atoms with van der Waals surface area (Å²) in [6.45, 7) is 0.816. The van der Waals surface area contributed by atoms with Gasteiger partial charge in [-0.3, -0.25) is 4.79 Å². The van der Waals surface area contributed by atoms with Crippen LogP contribution < -0.4 is 5.32 Å². The molecule has 6 heteroatoms. The summed E-state index contributed by atoms with van der Waals surface area (Å²) in [4.78, 5) is 12.6. The molecule has 0 unspecified atom stereocenters. The van der Waals surface area contributed by atoms with E-state index in [4.69, 9.17) is 0 Å². The predicted molar refractivity (Wildman–Crippen MR) is 104 cm³/mol. The lowest BCUT2D eigenvalue weighted by atomic mass is 9.79. The van der Waals surface area contributed by atoms with E-state index in [0.29, 0.717) is 12.1 Å². The van der Waals surface area contributed by atoms with Gasteiger partial charge in [0.25, 0.3) is 5.91 Å². The number of amides is 1. The van der Waals surface area contributed by atoms with Crippen molar-refractivity contribution in [2.75, 3.05) is 6.54 Å². The van der Waals surface area contributed by atoms with Gasteiger partial charge in [-0.1, -0.05) is 66.6 Å². The molecule has 4 rings (SSSR count). The van der Waals surface area contributed by atoms with Crippen LogP contribution in [0.15, 0.2) is 60.8 Å². The highest BCUT2D eigenvalue weighted by Gasteiger charge is 2.36. The normalized spacial score (nSPS) is 15.5. The largest absolute Gasteiger partial charge is 0.350 e. The van der Waals surface area contributed by atoms with Crippen molar-refractivity contribution in [1.82, 2.24) is 20.3 Å². The first-order chi connectivity index (χ1) is 13.7. The Labute approximate surface area is 163 Å². The van der Waals surface area contributed by atoms with E-state index in [1.807, 2.05) is 18.2 Å². The molecule has 0 bridgehead atoms. The predicted octanol–water partition coefficient (Wildman–Crippen LogP) is 3.71. The zero-order valence-electron chi connectivity index (χ0n) is 15.6. The number of nitrogens with zero attached hydrogens (tertiary/aromatic N) is 3. The van der Waals surface area contributed by atoms with Crippen LogP contribution in [0.1, 0.15) is 47.3 Å². The van der Waals surface area contributed by atoms with Crippen molar-refractivity contribution in [3.63, 3.8) is 0 Å². The van der Waals surface area contributed by atoms with Gasteiger partial charge in [-0.2, -0.15) is 0 Å². The molecule has 0 saturated heterocycles. The summed E-state index contributed by atoms with van der Waals surface area (Å²) in [5.41, 5.74) is 2.02. The van der Waals surface area contributed by atoms with E-state index in [1.165, 1.54) is 29.2 Å². The van der Waals surface area contributed by atoms with Gasteiger partial charge in [-0.25, -0.2) is 9.07 Å². The molecule has 1 fully saturated rings. The van der Waals surface area contributed by atoms with Gasteiger partial charge in [0.05, 0.1) is 12.7 Å². The molecular weight excluding hydrogens is 355 g/mol. The van der Waals surface area contributed by atoms with Crippen molar-refractivity contribution in [3.8, 4) is 0 Å². The summed E-state index contributed by atoms with van der Waals surface area (Å²) in [6, 6.07) is 16.9. The summed E-state index contributed by atoms with van der Waals surface area (Å²) in [7, 11) is 0. The van der Waals surface area contributed by atoms with Crippen LogP contribution in [0.25, 0.3) is 0 Å². The average molecular weight is 378 g/mol. The van der Waals surface area contributed by atoms with Gasteiger partial charge in [-0.05, 0) is 24.5 Å². The molecule has 0 spiro atoms. The number of rotatable bonds is 6. The van der Waals surface area contributed by atoms with E-state index in [9.17, 15) is 9.18 Å². The number of nitrogens with one attached hydrogen (secondary N) is 1. The minimum Gasteiger partial charge on any atom is -0.350 e. The Kier molecular flexibility index (Phi) is 5.19. The molecule has 0 atom stereocenters. The minimum atomic E-state index is -0.296. The Hall–Kier alpha value is -3.02. The molecule has 1 N–H and O–H groups in total. The van der Waals surface area contributed by atoms with Crippen molar-refractivity contribution in [2.24, 2.45) is 0 Å². The third-order valence-corrected chi connectivity index (χ3v) is 5.60. The highest BCUT2D eigenvalue weighted by Crippen LogP contribution is 2.40. The fraction of sp³-hybridized carbons (Fsp3) is 0.318. The third kappa shape index (κ3) is 3.81. The van der Waals surface area contributed by atoms with E-state index >= 15 is 0 Å². The second-order valence-corrected chi connectivity index (χ2v) is 7.43. The van der Waals surface area contributed by atoms with Crippen molar-refractivity contribution >= 4 is 5.91 Å². The van der Waals surface area contributed by atoms with Gasteiger partial charge in [0, 0.05) is 17.5 Å². The van der Waals surface area contributed by atoms with Crippen LogP contribution in [0.2, 0.25) is 0 Å². The summed E-state index contributed by atoms with van der Waals surface area (Å²) >= 11 is 0. The molecule has 2 aromatic carbocycles. The topological polar surface area (TPSA) is 59.8 Å². The maximum atomic E-state index is 13.8. The molecule has 1 heterocycles. The van der Waals surface area contributed by atoms with Gasteiger partial charge >= 0.3 is 0 Å². The van der Waals surface area contributed by atoms with E-state index in [2.05, 4.69) is 27.8 Å². The summed E-state index contributed by atoms with van der Waals surface area (Å²) < 4.78 is 15.3. The Balaban J connectivity index is 1.43. The van der Waals surface area contributed by atoms with E-state index in [1.54, 1.807) is 24.4 Å². The smallest absolute Gasteiger partial charge is 0.273 e. The molecule has 3 aromatic rings. The number of hydrogen-bond donors (Lipinski definition) is 1. The molecule has 28 heavy (non-hydrogen) atoms. The van der Waals surface area contributed by atoms with Crippen LogP contribution in [0, 0.1) is 5.82 Å². The lowest BCUT2D eigenvalue weighted by Gasteiger charge is -2.29. The van der Waals surface area contributed by atoms with Crippen LogP contribution >= 0.6 is 0 Å². The van der Waals surface area contributed by atoms with Crippen LogP contribution in [0.3, 0.4) is 0 Å². The lowest BCUT2D eigenvalue weighted by Crippen LogP contribution is -2.39. The Bertz CT molecular complexity index is 948. The first kappa shape index (κ1) is 18.3. The third-order valence-electron chi connectivity index (χ3n) is 5.60. The van der Waals surface area contributed by atoms with Crippen molar-refractivity contribution in [1.29, 1.82) is 0 Å². The highest BCUT2D eigenvalue weighted by atomic mass is 19.1. The van der Waals surface area contributed by atoms with Gasteiger partial charge in [0.2, 0.25) is 0 Å². The molecule has 1 amide bonds. The molecule has 1 aliphatic carbocycles. The molecule has 0 radical (unpaired) electrons. The highest BCUT2D eigenvalue weighted by molar-refractivity contribution is 5.91. The quantitative estimate of drug-likeness (QED) is 0.711. The zero-order valence-corrected chi connectivity index (χ0v) is 15.6. The van der Waals surface area contributed by atoms with Crippen LogP contribution in [-0.2, 0) is 12.0 Å². The Morgan fingerprint density at radius 1 is 1.07 bits per heavy atom. The number of carbonyl (C=O) groups is 1. The SMILES string of the molecule is O=C(NCC1(c2ccccc2)CCCC1)c1cn(Cc2ccccc2F)nn1. The first-order valence-corrected chi connectivity index (χ1v) is 9.64. The van der Waals surface area contributed by atoms with Gasteiger partial charge < -0.3 is 5.32 Å². The van der Waals surface area contributed by atoms with E-state index in [0.717, 1.165) is 12.8 Å². The number of carbonyl (C=O) groups excluding carboxylic acids is 1. The Morgan fingerprint density at radius 2 is 1.79 bits per heavy atom. The monoisotopic (exact) mass is 378 g/mol. The van der Waals surface area contributed by atoms with E-state index < -0.39 is 0 Å². The Morgan fingerprint density at radius 3 is 2.54 bits per heavy atom. The van der Waals surface area contributed by atoms with Crippen LogP contribution in [0.4, 0.5) is 4.39 Å². The number of benzene rings is 2. The first-order valence-electron chi connectivity index (χ1n) is 9.64. The second kappa shape index (κ2) is 7.92. The van der Waals surface area contributed by atoms with Crippen LogP contribution in [0.5, 0.6) is 0 Å². The second-order valence-electron chi connectivity index (χ2n) is 7.43. The van der Waals surface area contributed by atoms with Gasteiger partial charge in [-0.15, -0.1) is 5.10 Å². The fourth-order valence-corrected chi connectivity index (χ4v) is 4.03. The van der Waals surface area contributed by atoms with Crippen molar-refractivity contribution in [2.45, 2.75) is 37.6 Å². The summed E-state index contributed by atoms with van der Waals surface area (Å²) in [6.07, 6.45) is 6.04. The maximum absolute atomic E-state index is 13.8. The maximum Gasteiger partial charge on any atom is 0.273 e. The standard InChI is InChI=1S/C22H23FN4O/c23-19-11-5-4-8-17(19)14-27-15-20(25-26-27)21(28)24-16-22(12-6-7-13-22)18-9-2-1-3-10-18/h1-5,8-11,15H,6-7,12-14,16H2,(H,24,28). The van der Waals surface area contributed by atoms with Gasteiger partial charge in [0.1, 0.15) is 5.82 Å². The molecule has 1 aliphatic rings. The van der Waals surface area contributed by atoms with Gasteiger partial charge in [0.15, 0.2) is 5.69 Å².